The van der Waals surface area contributed by atoms with Crippen molar-refractivity contribution < 1.29 is 14.6 Å². The average Bonchev–Trinajstić information content (AvgIpc) is 2.79. The van der Waals surface area contributed by atoms with Crippen molar-refractivity contribution in [3.8, 4) is 10.8 Å². The van der Waals surface area contributed by atoms with Crippen LogP contribution < -0.4 is 20.9 Å². The summed E-state index contributed by atoms with van der Waals surface area (Å²) in [4.78, 5) is 0.773. The minimum absolute atomic E-state index is 0.217. The molecule has 0 saturated carbocycles. The summed E-state index contributed by atoms with van der Waals surface area (Å²) >= 11 is 1.36. The molecule has 0 fully saturated rings. The fraction of sp³-hybridized carbons (Fsp3) is 0.714. The number of aliphatic hydroxyl groups is 1. The van der Waals surface area contributed by atoms with Gasteiger partial charge in [0, 0.05) is 17.0 Å². The third-order valence-corrected chi connectivity index (χ3v) is 3.66. The zero-order chi connectivity index (χ0) is 15.9. The topological polar surface area (TPSA) is 90.7 Å². The molecule has 0 bridgehead atoms. The normalized spacial score (nSPS) is 13.8. The molecule has 118 valence electrons. The van der Waals surface area contributed by atoms with E-state index in [9.17, 15) is 5.11 Å². The molecule has 0 aliphatic carbocycles. The Morgan fingerprint density at radius 3 is 1.90 bits per heavy atom. The van der Waals surface area contributed by atoms with Crippen molar-refractivity contribution in [1.82, 2.24) is 0 Å². The van der Waals surface area contributed by atoms with E-state index in [1.54, 1.807) is 20.3 Å². The molecule has 1 aromatic rings. The lowest BCUT2D eigenvalue weighted by Gasteiger charge is -2.20. The second-order valence-electron chi connectivity index (χ2n) is 5.22. The lowest BCUT2D eigenvalue weighted by molar-refractivity contribution is 0.129. The predicted molar refractivity (Wildman–Crippen MR) is 84.5 cm³/mol. The Bertz CT molecular complexity index is 356. The SMILES string of the molecule is CC(C)N.COc1cc(C(O)C(N)C(C)C)sc1OC. The molecule has 0 spiro atoms. The molecule has 2 atom stereocenters. The monoisotopic (exact) mass is 304 g/mol. The van der Waals surface area contributed by atoms with Crippen LogP contribution in [0.3, 0.4) is 0 Å². The molecular weight excluding hydrogens is 276 g/mol. The zero-order valence-electron chi connectivity index (χ0n) is 13.2. The van der Waals surface area contributed by atoms with Gasteiger partial charge in [-0.05, 0) is 12.0 Å². The maximum Gasteiger partial charge on any atom is 0.217 e. The van der Waals surface area contributed by atoms with E-state index in [0.717, 1.165) is 4.88 Å². The Balaban J connectivity index is 0.000000796. The van der Waals surface area contributed by atoms with E-state index in [0.29, 0.717) is 16.9 Å². The van der Waals surface area contributed by atoms with Gasteiger partial charge in [0.2, 0.25) is 5.06 Å². The van der Waals surface area contributed by atoms with Crippen LogP contribution in [0.2, 0.25) is 0 Å². The summed E-state index contributed by atoms with van der Waals surface area (Å²) < 4.78 is 10.3. The summed E-state index contributed by atoms with van der Waals surface area (Å²) in [5, 5.41) is 10.7. The van der Waals surface area contributed by atoms with E-state index in [-0.39, 0.29) is 12.0 Å². The van der Waals surface area contributed by atoms with Gasteiger partial charge in [0.05, 0.1) is 14.2 Å². The van der Waals surface area contributed by atoms with Crippen molar-refractivity contribution in [2.45, 2.75) is 45.9 Å². The second-order valence-corrected chi connectivity index (χ2v) is 6.27. The van der Waals surface area contributed by atoms with Crippen LogP contribution in [0.5, 0.6) is 10.8 Å². The molecule has 1 heterocycles. The van der Waals surface area contributed by atoms with Crippen molar-refractivity contribution >= 4 is 11.3 Å². The number of aliphatic hydroxyl groups excluding tert-OH is 1. The highest BCUT2D eigenvalue weighted by atomic mass is 32.1. The molecule has 0 saturated heterocycles. The summed E-state index contributed by atoms with van der Waals surface area (Å²) in [6.45, 7) is 7.85. The first-order chi connectivity index (χ1) is 9.24. The second kappa shape index (κ2) is 9.18. The maximum absolute atomic E-state index is 10.1. The van der Waals surface area contributed by atoms with Gasteiger partial charge < -0.3 is 26.0 Å². The highest BCUT2D eigenvalue weighted by molar-refractivity contribution is 7.14. The highest BCUT2D eigenvalue weighted by Gasteiger charge is 2.24. The maximum atomic E-state index is 10.1. The third-order valence-electron chi connectivity index (χ3n) is 2.52. The minimum Gasteiger partial charge on any atom is -0.492 e. The van der Waals surface area contributed by atoms with E-state index in [4.69, 9.17) is 20.9 Å². The standard InChI is InChI=1S/C11H19NO3S.C3H9N/c1-6(2)9(12)10(13)8-5-7(14-3)11(15-4)16-8;1-3(2)4/h5-6,9-10,13H,12H2,1-4H3;3H,4H2,1-2H3. The number of nitrogens with two attached hydrogens (primary N) is 2. The summed E-state index contributed by atoms with van der Waals surface area (Å²) in [6, 6.07) is 1.82. The summed E-state index contributed by atoms with van der Waals surface area (Å²) in [5.74, 6) is 0.853. The zero-order valence-corrected chi connectivity index (χ0v) is 14.0. The molecule has 20 heavy (non-hydrogen) atoms. The largest absolute Gasteiger partial charge is 0.492 e. The lowest BCUT2D eigenvalue weighted by atomic mass is 9.99. The molecule has 1 aromatic heterocycles. The number of hydrogen-bond acceptors (Lipinski definition) is 6. The first-order valence-corrected chi connectivity index (χ1v) is 7.47. The van der Waals surface area contributed by atoms with Gasteiger partial charge in [-0.1, -0.05) is 39.0 Å². The average molecular weight is 304 g/mol. The number of rotatable bonds is 5. The molecular formula is C14H28N2O3S. The van der Waals surface area contributed by atoms with Gasteiger partial charge in [-0.3, -0.25) is 0 Å². The van der Waals surface area contributed by atoms with Gasteiger partial charge in [-0.2, -0.15) is 0 Å². The molecule has 0 aromatic carbocycles. The van der Waals surface area contributed by atoms with E-state index in [1.807, 2.05) is 27.7 Å². The fourth-order valence-electron chi connectivity index (χ4n) is 1.36. The van der Waals surface area contributed by atoms with E-state index >= 15 is 0 Å². The minimum atomic E-state index is -0.678. The Kier molecular flexibility index (Phi) is 8.80. The van der Waals surface area contributed by atoms with Crippen molar-refractivity contribution in [1.29, 1.82) is 0 Å². The lowest BCUT2D eigenvalue weighted by Crippen LogP contribution is -2.33. The van der Waals surface area contributed by atoms with Gasteiger partial charge in [0.1, 0.15) is 6.10 Å². The van der Waals surface area contributed by atoms with Crippen LogP contribution in [0.4, 0.5) is 0 Å². The van der Waals surface area contributed by atoms with Crippen LogP contribution in [0.1, 0.15) is 38.7 Å². The van der Waals surface area contributed by atoms with Gasteiger partial charge >= 0.3 is 0 Å². The van der Waals surface area contributed by atoms with Crippen LogP contribution in [0.15, 0.2) is 6.07 Å². The van der Waals surface area contributed by atoms with E-state index < -0.39 is 6.10 Å². The first-order valence-electron chi connectivity index (χ1n) is 6.65. The van der Waals surface area contributed by atoms with Crippen LogP contribution >= 0.6 is 11.3 Å². The number of hydrogen-bond donors (Lipinski definition) is 3. The van der Waals surface area contributed by atoms with Crippen molar-refractivity contribution in [2.24, 2.45) is 17.4 Å². The fourth-order valence-corrected chi connectivity index (χ4v) is 2.34. The molecule has 6 heteroatoms. The highest BCUT2D eigenvalue weighted by Crippen LogP contribution is 2.40. The molecule has 1 rings (SSSR count). The van der Waals surface area contributed by atoms with Crippen LogP contribution in [-0.4, -0.2) is 31.4 Å². The van der Waals surface area contributed by atoms with E-state index in [1.165, 1.54) is 11.3 Å². The molecule has 0 amide bonds. The molecule has 5 N–H and O–H groups in total. The summed E-state index contributed by atoms with van der Waals surface area (Å²) in [5.41, 5.74) is 11.0. The molecule has 5 nitrogen and oxygen atoms in total. The van der Waals surface area contributed by atoms with Gasteiger partial charge in [-0.25, -0.2) is 0 Å². The number of thiophene rings is 1. The Labute approximate surface area is 125 Å². The van der Waals surface area contributed by atoms with Crippen molar-refractivity contribution in [2.75, 3.05) is 14.2 Å². The first kappa shape index (κ1) is 19.2. The summed E-state index contributed by atoms with van der Waals surface area (Å²) in [7, 11) is 3.15. The van der Waals surface area contributed by atoms with Gasteiger partial charge in [-0.15, -0.1) is 0 Å². The van der Waals surface area contributed by atoms with Crippen LogP contribution in [0, 0.1) is 5.92 Å². The van der Waals surface area contributed by atoms with Crippen molar-refractivity contribution in [3.63, 3.8) is 0 Å². The van der Waals surface area contributed by atoms with Gasteiger partial charge in [0.25, 0.3) is 0 Å². The number of ether oxygens (including phenoxy) is 2. The third kappa shape index (κ3) is 6.09. The smallest absolute Gasteiger partial charge is 0.217 e. The molecule has 0 radical (unpaired) electrons. The van der Waals surface area contributed by atoms with Crippen molar-refractivity contribution in [3.05, 3.63) is 10.9 Å². The van der Waals surface area contributed by atoms with E-state index in [2.05, 4.69) is 0 Å². The van der Waals surface area contributed by atoms with Crippen LogP contribution in [-0.2, 0) is 0 Å². The Morgan fingerprint density at radius 2 is 1.60 bits per heavy atom. The number of methoxy groups -OCH3 is 2. The molecule has 2 unspecified atom stereocenters. The van der Waals surface area contributed by atoms with Crippen LogP contribution in [0.25, 0.3) is 0 Å². The quantitative estimate of drug-likeness (QED) is 0.775. The Morgan fingerprint density at radius 1 is 1.10 bits per heavy atom. The predicted octanol–water partition coefficient (Wildman–Crippen LogP) is 2.14. The Hall–Kier alpha value is -0.820. The molecule has 0 aliphatic heterocycles. The van der Waals surface area contributed by atoms with Gasteiger partial charge in [0.15, 0.2) is 5.75 Å². The molecule has 0 aliphatic rings. The summed E-state index contributed by atoms with van der Waals surface area (Å²) in [6.07, 6.45) is -0.678.